The molecule has 18 heavy (non-hydrogen) atoms. The van der Waals surface area contributed by atoms with E-state index in [1.807, 2.05) is 0 Å². The number of fused-ring (bicyclic) bond motifs is 1. The van der Waals surface area contributed by atoms with E-state index in [0.717, 1.165) is 6.54 Å². The summed E-state index contributed by atoms with van der Waals surface area (Å²) in [5.74, 6) is 0. The molecule has 0 aliphatic heterocycles. The van der Waals surface area contributed by atoms with Crippen LogP contribution in [0.15, 0.2) is 60.9 Å². The number of aromatic nitrogens is 1. The van der Waals surface area contributed by atoms with E-state index >= 15 is 0 Å². The SMILES string of the molecule is NCc1ccn(Cc2cccc3ccccc23)c1. The van der Waals surface area contributed by atoms with Gasteiger partial charge in [-0.3, -0.25) is 0 Å². The van der Waals surface area contributed by atoms with Crippen LogP contribution in [0.25, 0.3) is 10.8 Å². The summed E-state index contributed by atoms with van der Waals surface area (Å²) in [6.07, 6.45) is 4.20. The molecule has 0 aliphatic carbocycles. The van der Waals surface area contributed by atoms with Gasteiger partial charge in [-0.25, -0.2) is 0 Å². The second-order valence-electron chi connectivity index (χ2n) is 4.53. The average molecular weight is 236 g/mol. The zero-order valence-electron chi connectivity index (χ0n) is 10.2. The average Bonchev–Trinajstić information content (AvgIpc) is 2.87. The normalized spacial score (nSPS) is 10.9. The Labute approximate surface area is 107 Å². The quantitative estimate of drug-likeness (QED) is 0.744. The molecule has 0 radical (unpaired) electrons. The number of nitrogens with two attached hydrogens (primary N) is 1. The van der Waals surface area contributed by atoms with Gasteiger partial charge in [0.2, 0.25) is 0 Å². The molecule has 1 heterocycles. The van der Waals surface area contributed by atoms with Gasteiger partial charge in [0.1, 0.15) is 0 Å². The Morgan fingerprint density at radius 1 is 0.944 bits per heavy atom. The van der Waals surface area contributed by atoms with E-state index in [4.69, 9.17) is 5.73 Å². The van der Waals surface area contributed by atoms with Crippen molar-refractivity contribution < 1.29 is 0 Å². The van der Waals surface area contributed by atoms with Crippen LogP contribution in [0.4, 0.5) is 0 Å². The first kappa shape index (κ1) is 11.1. The van der Waals surface area contributed by atoms with Gasteiger partial charge in [-0.1, -0.05) is 42.5 Å². The molecule has 90 valence electrons. The summed E-state index contributed by atoms with van der Waals surface area (Å²) >= 11 is 0. The third kappa shape index (κ3) is 2.03. The summed E-state index contributed by atoms with van der Waals surface area (Å²) in [5, 5.41) is 2.62. The first-order chi connectivity index (χ1) is 8.86. The van der Waals surface area contributed by atoms with Gasteiger partial charge in [-0.05, 0) is 28.0 Å². The van der Waals surface area contributed by atoms with Crippen molar-refractivity contribution in [2.75, 3.05) is 0 Å². The maximum atomic E-state index is 5.63. The van der Waals surface area contributed by atoms with E-state index < -0.39 is 0 Å². The van der Waals surface area contributed by atoms with Gasteiger partial charge in [0, 0.05) is 25.5 Å². The maximum Gasteiger partial charge on any atom is 0.0476 e. The van der Waals surface area contributed by atoms with Crippen molar-refractivity contribution in [2.24, 2.45) is 5.73 Å². The largest absolute Gasteiger partial charge is 0.350 e. The minimum Gasteiger partial charge on any atom is -0.350 e. The van der Waals surface area contributed by atoms with Gasteiger partial charge in [-0.2, -0.15) is 0 Å². The van der Waals surface area contributed by atoms with Crippen molar-refractivity contribution in [3.63, 3.8) is 0 Å². The molecule has 3 rings (SSSR count). The van der Waals surface area contributed by atoms with Gasteiger partial charge >= 0.3 is 0 Å². The Balaban J connectivity index is 1.99. The first-order valence-electron chi connectivity index (χ1n) is 6.18. The minimum atomic E-state index is 0.600. The first-order valence-corrected chi connectivity index (χ1v) is 6.18. The predicted molar refractivity (Wildman–Crippen MR) is 75.4 cm³/mol. The number of hydrogen-bond acceptors (Lipinski definition) is 1. The zero-order valence-corrected chi connectivity index (χ0v) is 10.2. The fourth-order valence-corrected chi connectivity index (χ4v) is 2.34. The molecule has 0 saturated heterocycles. The molecule has 0 aliphatic rings. The highest BCUT2D eigenvalue weighted by Crippen LogP contribution is 2.19. The molecule has 0 spiro atoms. The second-order valence-corrected chi connectivity index (χ2v) is 4.53. The van der Waals surface area contributed by atoms with Crippen molar-refractivity contribution in [1.29, 1.82) is 0 Å². The number of benzene rings is 2. The van der Waals surface area contributed by atoms with Crippen molar-refractivity contribution in [1.82, 2.24) is 4.57 Å². The second kappa shape index (κ2) is 4.67. The van der Waals surface area contributed by atoms with Gasteiger partial charge in [-0.15, -0.1) is 0 Å². The van der Waals surface area contributed by atoms with Gasteiger partial charge in [0.05, 0.1) is 0 Å². The minimum absolute atomic E-state index is 0.600. The molecule has 0 atom stereocenters. The fourth-order valence-electron chi connectivity index (χ4n) is 2.34. The molecule has 0 amide bonds. The Bertz CT molecular complexity index is 662. The number of rotatable bonds is 3. The summed E-state index contributed by atoms with van der Waals surface area (Å²) in [6.45, 7) is 1.49. The Kier molecular flexibility index (Phi) is 2.87. The third-order valence-electron chi connectivity index (χ3n) is 3.28. The van der Waals surface area contributed by atoms with Crippen molar-refractivity contribution in [3.05, 3.63) is 72.1 Å². The van der Waals surface area contributed by atoms with Crippen LogP contribution in [0.5, 0.6) is 0 Å². The molecular weight excluding hydrogens is 220 g/mol. The molecule has 0 unspecified atom stereocenters. The molecular formula is C16H16N2. The standard InChI is InChI=1S/C16H16N2/c17-10-13-8-9-18(11-13)12-15-6-3-5-14-4-1-2-7-16(14)15/h1-9,11H,10,12,17H2. The Morgan fingerprint density at radius 2 is 1.78 bits per heavy atom. The van der Waals surface area contributed by atoms with Crippen LogP contribution >= 0.6 is 0 Å². The monoisotopic (exact) mass is 236 g/mol. The van der Waals surface area contributed by atoms with Crippen LogP contribution in [0, 0.1) is 0 Å². The zero-order chi connectivity index (χ0) is 12.4. The Hall–Kier alpha value is -2.06. The van der Waals surface area contributed by atoms with Crippen LogP contribution in [0.2, 0.25) is 0 Å². The lowest BCUT2D eigenvalue weighted by Crippen LogP contribution is -1.98. The summed E-state index contributed by atoms with van der Waals surface area (Å²) < 4.78 is 2.18. The number of nitrogens with zero attached hydrogens (tertiary/aromatic N) is 1. The summed E-state index contributed by atoms with van der Waals surface area (Å²) in [4.78, 5) is 0. The van der Waals surface area contributed by atoms with Crippen LogP contribution < -0.4 is 5.73 Å². The lowest BCUT2D eigenvalue weighted by Gasteiger charge is -2.07. The molecule has 2 N–H and O–H groups in total. The van der Waals surface area contributed by atoms with Crippen LogP contribution in [0.3, 0.4) is 0 Å². The van der Waals surface area contributed by atoms with Gasteiger partial charge in [0.25, 0.3) is 0 Å². The lowest BCUT2D eigenvalue weighted by molar-refractivity contribution is 0.807. The highest BCUT2D eigenvalue weighted by molar-refractivity contribution is 5.85. The smallest absolute Gasteiger partial charge is 0.0476 e. The number of hydrogen-bond donors (Lipinski definition) is 1. The molecule has 3 aromatic rings. The van der Waals surface area contributed by atoms with E-state index in [2.05, 4.69) is 65.5 Å². The third-order valence-corrected chi connectivity index (χ3v) is 3.28. The molecule has 2 nitrogen and oxygen atoms in total. The van der Waals surface area contributed by atoms with E-state index in [1.54, 1.807) is 0 Å². The van der Waals surface area contributed by atoms with E-state index in [9.17, 15) is 0 Å². The lowest BCUT2D eigenvalue weighted by atomic mass is 10.0. The summed E-state index contributed by atoms with van der Waals surface area (Å²) in [7, 11) is 0. The van der Waals surface area contributed by atoms with E-state index in [1.165, 1.54) is 21.9 Å². The van der Waals surface area contributed by atoms with Gasteiger partial charge in [0.15, 0.2) is 0 Å². The van der Waals surface area contributed by atoms with Crippen LogP contribution in [-0.2, 0) is 13.1 Å². The molecule has 2 heteroatoms. The Morgan fingerprint density at radius 3 is 2.61 bits per heavy atom. The van der Waals surface area contributed by atoms with Gasteiger partial charge < -0.3 is 10.3 Å². The van der Waals surface area contributed by atoms with Crippen molar-refractivity contribution in [3.8, 4) is 0 Å². The maximum absolute atomic E-state index is 5.63. The summed E-state index contributed by atoms with van der Waals surface area (Å²) in [6, 6.07) is 17.0. The van der Waals surface area contributed by atoms with Crippen LogP contribution in [0.1, 0.15) is 11.1 Å². The topological polar surface area (TPSA) is 30.9 Å². The molecule has 2 aromatic carbocycles. The van der Waals surface area contributed by atoms with Crippen LogP contribution in [-0.4, -0.2) is 4.57 Å². The predicted octanol–water partition coefficient (Wildman–Crippen LogP) is 3.15. The van der Waals surface area contributed by atoms with E-state index in [0.29, 0.717) is 6.54 Å². The highest BCUT2D eigenvalue weighted by Gasteiger charge is 2.01. The van der Waals surface area contributed by atoms with Crippen molar-refractivity contribution >= 4 is 10.8 Å². The molecule has 0 saturated carbocycles. The molecule has 0 fully saturated rings. The fraction of sp³-hybridized carbons (Fsp3) is 0.125. The van der Waals surface area contributed by atoms with E-state index in [-0.39, 0.29) is 0 Å². The van der Waals surface area contributed by atoms with Crippen molar-refractivity contribution in [2.45, 2.75) is 13.1 Å². The summed E-state index contributed by atoms with van der Waals surface area (Å²) in [5.41, 5.74) is 8.15. The molecule has 0 bridgehead atoms. The molecule has 1 aromatic heterocycles. The highest BCUT2D eigenvalue weighted by atomic mass is 14.9.